The molecule has 0 aromatic heterocycles. The van der Waals surface area contributed by atoms with Gasteiger partial charge in [0, 0.05) is 44.2 Å². The lowest BCUT2D eigenvalue weighted by Gasteiger charge is -2.13. The Labute approximate surface area is 182 Å². The lowest BCUT2D eigenvalue weighted by atomic mass is 10.2. The summed E-state index contributed by atoms with van der Waals surface area (Å²) in [5.74, 6) is -1.20. The molecular formula is C22H20N2O8. The van der Waals surface area contributed by atoms with Gasteiger partial charge in [-0.3, -0.25) is 9.59 Å². The molecule has 0 aliphatic rings. The van der Waals surface area contributed by atoms with Crippen molar-refractivity contribution in [3.63, 3.8) is 0 Å². The van der Waals surface area contributed by atoms with Crippen LogP contribution in [0.25, 0.3) is 0 Å². The summed E-state index contributed by atoms with van der Waals surface area (Å²) in [6.45, 7) is 2.37. The molecule has 10 heteroatoms. The summed E-state index contributed by atoms with van der Waals surface area (Å²) < 4.78 is 21.3. The number of nitrogen functional groups attached to an aromatic ring is 2. The first kappa shape index (κ1) is 22.1. The summed E-state index contributed by atoms with van der Waals surface area (Å²) >= 11 is 0. The zero-order valence-electron chi connectivity index (χ0n) is 17.1. The van der Waals surface area contributed by atoms with Crippen molar-refractivity contribution in [2.24, 2.45) is 0 Å². The Morgan fingerprint density at radius 1 is 0.688 bits per heavy atom. The molecule has 0 aliphatic heterocycles. The molecule has 0 saturated carbocycles. The van der Waals surface area contributed by atoms with Crippen LogP contribution in [0.3, 0.4) is 0 Å². The number of carbonyl (C=O) groups is 2. The minimum atomic E-state index is -0.631. The number of benzene rings is 3. The second kappa shape index (κ2) is 9.04. The molecule has 3 aromatic rings. The van der Waals surface area contributed by atoms with Gasteiger partial charge in [-0.2, -0.15) is 0 Å². The first-order valence-electron chi connectivity index (χ1n) is 9.20. The van der Waals surface area contributed by atoms with Crippen molar-refractivity contribution in [3.8, 4) is 46.0 Å². The third-order valence-corrected chi connectivity index (χ3v) is 3.94. The predicted octanol–water partition coefficient (Wildman–Crippen LogP) is 3.70. The molecule has 0 fully saturated rings. The molecule has 0 heterocycles. The molecule has 0 saturated heterocycles. The van der Waals surface area contributed by atoms with Gasteiger partial charge < -0.3 is 40.6 Å². The van der Waals surface area contributed by atoms with Crippen molar-refractivity contribution in [1.82, 2.24) is 0 Å². The minimum Gasteiger partial charge on any atom is -0.503 e. The Kier molecular flexibility index (Phi) is 6.24. The van der Waals surface area contributed by atoms with E-state index in [-0.39, 0.29) is 45.9 Å². The van der Waals surface area contributed by atoms with Gasteiger partial charge in [-0.15, -0.1) is 0 Å². The van der Waals surface area contributed by atoms with Crippen LogP contribution in [0.5, 0.6) is 46.0 Å². The van der Waals surface area contributed by atoms with Crippen LogP contribution < -0.4 is 30.4 Å². The Balaban J connectivity index is 1.84. The van der Waals surface area contributed by atoms with Crippen LogP contribution >= 0.6 is 0 Å². The van der Waals surface area contributed by atoms with E-state index < -0.39 is 11.9 Å². The highest BCUT2D eigenvalue weighted by molar-refractivity contribution is 5.74. The number of rotatable bonds is 6. The zero-order valence-corrected chi connectivity index (χ0v) is 17.1. The van der Waals surface area contributed by atoms with Crippen molar-refractivity contribution in [3.05, 3.63) is 48.5 Å². The van der Waals surface area contributed by atoms with E-state index >= 15 is 0 Å². The van der Waals surface area contributed by atoms with E-state index in [0.717, 1.165) is 0 Å². The Bertz CT molecular complexity index is 1100. The topological polar surface area (TPSA) is 164 Å². The molecule has 6 N–H and O–H groups in total. The smallest absolute Gasteiger partial charge is 0.308 e. The molecule has 0 amide bonds. The second-order valence-corrected chi connectivity index (χ2v) is 6.58. The molecule has 3 rings (SSSR count). The average molecular weight is 440 g/mol. The number of phenolic OH excluding ortho intramolecular Hbond substituents is 2. The molecule has 0 spiro atoms. The largest absolute Gasteiger partial charge is 0.503 e. The van der Waals surface area contributed by atoms with E-state index in [1.54, 1.807) is 24.3 Å². The van der Waals surface area contributed by atoms with Crippen LogP contribution in [0, 0.1) is 0 Å². The molecule has 0 bridgehead atoms. The molecule has 0 aliphatic carbocycles. The second-order valence-electron chi connectivity index (χ2n) is 6.58. The Morgan fingerprint density at radius 3 is 1.47 bits per heavy atom. The van der Waals surface area contributed by atoms with Crippen molar-refractivity contribution in [1.29, 1.82) is 0 Å². The predicted molar refractivity (Wildman–Crippen MR) is 114 cm³/mol. The summed E-state index contributed by atoms with van der Waals surface area (Å²) in [6.07, 6.45) is 0. The van der Waals surface area contributed by atoms with Crippen LogP contribution in [0.15, 0.2) is 48.5 Å². The van der Waals surface area contributed by atoms with Gasteiger partial charge in [0.05, 0.1) is 11.4 Å². The quantitative estimate of drug-likeness (QED) is 0.192. The molecule has 166 valence electrons. The van der Waals surface area contributed by atoms with Gasteiger partial charge in [0.2, 0.25) is 0 Å². The maximum absolute atomic E-state index is 11.2. The Hall–Kier alpha value is -4.60. The third-order valence-electron chi connectivity index (χ3n) is 3.94. The summed E-state index contributed by atoms with van der Waals surface area (Å²) in [7, 11) is 0. The number of phenols is 2. The van der Waals surface area contributed by atoms with Crippen LogP contribution in [0.1, 0.15) is 13.8 Å². The van der Waals surface area contributed by atoms with Gasteiger partial charge in [0.15, 0.2) is 23.0 Å². The van der Waals surface area contributed by atoms with E-state index in [4.69, 9.17) is 30.4 Å². The van der Waals surface area contributed by atoms with E-state index in [9.17, 15) is 19.8 Å². The van der Waals surface area contributed by atoms with Crippen LogP contribution in [-0.4, -0.2) is 22.2 Å². The third kappa shape index (κ3) is 5.30. The van der Waals surface area contributed by atoms with Gasteiger partial charge in [0.25, 0.3) is 0 Å². The summed E-state index contributed by atoms with van der Waals surface area (Å²) in [4.78, 5) is 22.4. The maximum Gasteiger partial charge on any atom is 0.308 e. The summed E-state index contributed by atoms with van der Waals surface area (Å²) in [6, 6.07) is 11.8. The normalized spacial score (nSPS) is 10.3. The van der Waals surface area contributed by atoms with Crippen LogP contribution in [0.2, 0.25) is 0 Å². The number of anilines is 2. The minimum absolute atomic E-state index is 0.0382. The molecular weight excluding hydrogens is 420 g/mol. The van der Waals surface area contributed by atoms with Gasteiger partial charge in [0.1, 0.15) is 23.0 Å². The summed E-state index contributed by atoms with van der Waals surface area (Å²) in [5, 5.41) is 19.9. The lowest BCUT2D eigenvalue weighted by Crippen LogP contribution is -2.03. The van der Waals surface area contributed by atoms with E-state index in [1.165, 1.54) is 38.1 Å². The molecule has 0 atom stereocenters. The highest BCUT2D eigenvalue weighted by Crippen LogP contribution is 2.40. The molecule has 0 unspecified atom stereocenters. The first-order chi connectivity index (χ1) is 15.1. The van der Waals surface area contributed by atoms with Crippen molar-refractivity contribution in [2.45, 2.75) is 13.8 Å². The van der Waals surface area contributed by atoms with Crippen LogP contribution in [0.4, 0.5) is 11.4 Å². The summed E-state index contributed by atoms with van der Waals surface area (Å²) in [5.41, 5.74) is 11.4. The van der Waals surface area contributed by atoms with Crippen molar-refractivity contribution >= 4 is 23.3 Å². The number of esters is 2. The number of carbonyl (C=O) groups excluding carboxylic acids is 2. The van der Waals surface area contributed by atoms with Gasteiger partial charge in [-0.25, -0.2) is 0 Å². The zero-order chi connectivity index (χ0) is 23.4. The fourth-order valence-electron chi connectivity index (χ4n) is 2.66. The van der Waals surface area contributed by atoms with E-state index in [2.05, 4.69) is 0 Å². The van der Waals surface area contributed by atoms with Crippen molar-refractivity contribution in [2.75, 3.05) is 11.5 Å². The van der Waals surface area contributed by atoms with Gasteiger partial charge in [-0.05, 0) is 12.1 Å². The number of hydrogen-bond donors (Lipinski definition) is 4. The van der Waals surface area contributed by atoms with Gasteiger partial charge >= 0.3 is 11.9 Å². The monoisotopic (exact) mass is 440 g/mol. The number of nitrogens with two attached hydrogens (primary N) is 2. The van der Waals surface area contributed by atoms with E-state index in [1.807, 2.05) is 0 Å². The molecule has 32 heavy (non-hydrogen) atoms. The van der Waals surface area contributed by atoms with E-state index in [0.29, 0.717) is 11.5 Å². The average Bonchev–Trinajstić information content (AvgIpc) is 2.69. The highest BCUT2D eigenvalue weighted by Gasteiger charge is 2.14. The molecule has 3 aromatic carbocycles. The Morgan fingerprint density at radius 2 is 1.09 bits per heavy atom. The highest BCUT2D eigenvalue weighted by atomic mass is 16.5. The number of aromatic hydroxyl groups is 2. The standard InChI is InChI=1S/C22H20N2O8/c1-11(25)29-19-9-15(7-17(23)21(19)27)31-13-4-3-5-14(6-13)32-16-8-18(24)22(28)20(10-16)30-12(2)26/h3-10,27-28H,23-24H2,1-2H3. The SMILES string of the molecule is CC(=O)Oc1cc(Oc2cccc(Oc3cc(N)c(O)c(OC(C)=O)c3)c2)cc(N)c1O. The fraction of sp³-hybridized carbons (Fsp3) is 0.0909. The van der Waals surface area contributed by atoms with Crippen molar-refractivity contribution < 1.29 is 38.7 Å². The number of hydrogen-bond acceptors (Lipinski definition) is 10. The number of ether oxygens (including phenoxy) is 4. The maximum atomic E-state index is 11.2. The van der Waals surface area contributed by atoms with Gasteiger partial charge in [-0.1, -0.05) is 6.07 Å². The fourth-order valence-corrected chi connectivity index (χ4v) is 2.66. The van der Waals surface area contributed by atoms with Crippen LogP contribution in [-0.2, 0) is 9.59 Å². The molecule has 10 nitrogen and oxygen atoms in total. The lowest BCUT2D eigenvalue weighted by molar-refractivity contribution is -0.132. The molecule has 0 radical (unpaired) electrons. The first-order valence-corrected chi connectivity index (χ1v) is 9.20.